The van der Waals surface area contributed by atoms with Gasteiger partial charge in [0.25, 0.3) is 0 Å². The molecule has 0 fully saturated rings. The Morgan fingerprint density at radius 3 is 2.87 bits per heavy atom. The fourth-order valence-corrected chi connectivity index (χ4v) is 1.03. The number of alkyl halides is 1. The second-order valence-corrected chi connectivity index (χ2v) is 2.88. The van der Waals surface area contributed by atoms with Crippen molar-refractivity contribution in [3.8, 4) is 17.6 Å². The summed E-state index contributed by atoms with van der Waals surface area (Å²) >= 11 is 5.42. The van der Waals surface area contributed by atoms with Crippen LogP contribution in [0.5, 0.6) is 5.75 Å². The minimum absolute atomic E-state index is 0.229. The van der Waals surface area contributed by atoms with Crippen molar-refractivity contribution in [3.63, 3.8) is 0 Å². The number of rotatable bonds is 3. The number of para-hydroxylation sites is 1. The zero-order valence-electron chi connectivity index (χ0n) is 7.87. The van der Waals surface area contributed by atoms with Crippen molar-refractivity contribution >= 4 is 17.6 Å². The molecule has 0 radical (unpaired) electrons. The lowest BCUT2D eigenvalue weighted by Gasteiger charge is -2.04. The first-order valence-corrected chi connectivity index (χ1v) is 4.76. The molecule has 0 atom stereocenters. The number of ether oxygens (including phenoxy) is 1. The molecule has 15 heavy (non-hydrogen) atoms. The fraction of sp³-hybridized carbons (Fsp3) is 0.182. The molecule has 0 heterocycles. The van der Waals surface area contributed by atoms with Crippen LogP contribution in [0.2, 0.25) is 0 Å². The Morgan fingerprint density at radius 2 is 2.20 bits per heavy atom. The van der Waals surface area contributed by atoms with Gasteiger partial charge in [-0.05, 0) is 12.1 Å². The number of benzene rings is 1. The zero-order chi connectivity index (χ0) is 11.1. The van der Waals surface area contributed by atoms with E-state index in [4.69, 9.17) is 21.4 Å². The molecule has 0 aromatic heterocycles. The highest BCUT2D eigenvalue weighted by Gasteiger charge is 2.02. The highest BCUT2D eigenvalue weighted by molar-refractivity contribution is 6.19. The molecule has 4 heteroatoms. The van der Waals surface area contributed by atoms with E-state index in [1.54, 1.807) is 24.3 Å². The summed E-state index contributed by atoms with van der Waals surface area (Å²) in [5.74, 6) is 5.13. The largest absolute Gasteiger partial charge is 0.481 e. The molecule has 0 bridgehead atoms. The molecular formula is C11H9ClO3. The minimum Gasteiger partial charge on any atom is -0.481 e. The van der Waals surface area contributed by atoms with Crippen LogP contribution in [0.3, 0.4) is 0 Å². The molecule has 3 nitrogen and oxygen atoms in total. The van der Waals surface area contributed by atoms with Crippen molar-refractivity contribution in [1.29, 1.82) is 0 Å². The van der Waals surface area contributed by atoms with Crippen LogP contribution in [0.15, 0.2) is 24.3 Å². The Kier molecular flexibility index (Phi) is 4.52. The highest BCUT2D eigenvalue weighted by Crippen LogP contribution is 2.16. The number of aliphatic carboxylic acids is 1. The van der Waals surface area contributed by atoms with Gasteiger partial charge in [-0.25, -0.2) is 4.79 Å². The maximum Gasteiger partial charge on any atom is 0.341 e. The summed E-state index contributed by atoms with van der Waals surface area (Å²) in [5, 5.41) is 8.46. The second-order valence-electron chi connectivity index (χ2n) is 2.61. The molecule has 0 aliphatic rings. The fourth-order valence-electron chi connectivity index (χ4n) is 0.964. The molecule has 0 amide bonds. The average Bonchev–Trinajstić information content (AvgIpc) is 2.24. The normalized spacial score (nSPS) is 8.87. The van der Waals surface area contributed by atoms with E-state index < -0.39 is 5.97 Å². The van der Waals surface area contributed by atoms with Crippen LogP contribution in [0.1, 0.15) is 5.56 Å². The van der Waals surface area contributed by atoms with Gasteiger partial charge in [0.1, 0.15) is 5.75 Å². The molecule has 0 saturated heterocycles. The van der Waals surface area contributed by atoms with Gasteiger partial charge in [-0.3, -0.25) is 0 Å². The van der Waals surface area contributed by atoms with Gasteiger partial charge in [-0.2, -0.15) is 0 Å². The van der Waals surface area contributed by atoms with E-state index in [1.807, 2.05) is 0 Å². The summed E-state index contributed by atoms with van der Waals surface area (Å²) in [6.45, 7) is -0.375. The molecule has 1 aromatic carbocycles. The Bertz CT molecular complexity index is 404. The quantitative estimate of drug-likeness (QED) is 0.629. The van der Waals surface area contributed by atoms with Crippen molar-refractivity contribution < 1.29 is 14.6 Å². The van der Waals surface area contributed by atoms with Crippen molar-refractivity contribution in [2.24, 2.45) is 0 Å². The Morgan fingerprint density at radius 1 is 1.47 bits per heavy atom. The summed E-state index contributed by atoms with van der Waals surface area (Å²) in [7, 11) is 0. The van der Waals surface area contributed by atoms with E-state index in [0.29, 0.717) is 11.3 Å². The van der Waals surface area contributed by atoms with Gasteiger partial charge in [0.2, 0.25) is 0 Å². The summed E-state index contributed by atoms with van der Waals surface area (Å²) in [6, 6.07) is 6.97. The third kappa shape index (κ3) is 3.92. The molecule has 1 rings (SSSR count). The maximum absolute atomic E-state index is 10.3. The SMILES string of the molecule is O=C(O)COc1ccccc1C#CCCl. The Hall–Kier alpha value is -1.66. The first-order chi connectivity index (χ1) is 7.24. The maximum atomic E-state index is 10.3. The van der Waals surface area contributed by atoms with Gasteiger partial charge < -0.3 is 9.84 Å². The lowest BCUT2D eigenvalue weighted by atomic mass is 10.2. The number of hydrogen-bond donors (Lipinski definition) is 1. The lowest BCUT2D eigenvalue weighted by molar-refractivity contribution is -0.139. The molecule has 0 saturated carbocycles. The predicted octanol–water partition coefficient (Wildman–Crippen LogP) is 1.74. The number of carboxylic acids is 1. The lowest BCUT2D eigenvalue weighted by Crippen LogP contribution is -2.10. The van der Waals surface area contributed by atoms with Gasteiger partial charge in [-0.15, -0.1) is 11.6 Å². The van der Waals surface area contributed by atoms with Crippen LogP contribution in [0, 0.1) is 11.8 Å². The smallest absolute Gasteiger partial charge is 0.341 e. The molecule has 0 aliphatic heterocycles. The van der Waals surface area contributed by atoms with Crippen LogP contribution in [-0.2, 0) is 4.79 Å². The first-order valence-electron chi connectivity index (χ1n) is 4.22. The number of carbonyl (C=O) groups is 1. The van der Waals surface area contributed by atoms with E-state index in [0.717, 1.165) is 0 Å². The molecule has 1 N–H and O–H groups in total. The minimum atomic E-state index is -1.02. The van der Waals surface area contributed by atoms with Gasteiger partial charge in [-0.1, -0.05) is 24.0 Å². The van der Waals surface area contributed by atoms with E-state index in [-0.39, 0.29) is 12.5 Å². The van der Waals surface area contributed by atoms with Gasteiger partial charge in [0, 0.05) is 0 Å². The molecule has 0 unspecified atom stereocenters. The summed E-state index contributed by atoms with van der Waals surface area (Å²) in [6.07, 6.45) is 0. The molecule has 78 valence electrons. The van der Waals surface area contributed by atoms with Crippen molar-refractivity contribution in [3.05, 3.63) is 29.8 Å². The van der Waals surface area contributed by atoms with Gasteiger partial charge in [0.15, 0.2) is 6.61 Å². The van der Waals surface area contributed by atoms with Crippen LogP contribution >= 0.6 is 11.6 Å². The average molecular weight is 225 g/mol. The summed E-state index contributed by atoms with van der Waals surface area (Å²) in [5.41, 5.74) is 0.638. The second kappa shape index (κ2) is 5.94. The monoisotopic (exact) mass is 224 g/mol. The first kappa shape index (κ1) is 11.4. The third-order valence-corrected chi connectivity index (χ3v) is 1.66. The van der Waals surface area contributed by atoms with Crippen LogP contribution in [0.4, 0.5) is 0 Å². The third-order valence-electron chi connectivity index (χ3n) is 1.53. The van der Waals surface area contributed by atoms with Crippen LogP contribution < -0.4 is 4.74 Å². The summed E-state index contributed by atoms with van der Waals surface area (Å²) < 4.78 is 5.05. The van der Waals surface area contributed by atoms with Gasteiger partial charge >= 0.3 is 5.97 Å². The molecule has 1 aromatic rings. The van der Waals surface area contributed by atoms with E-state index in [9.17, 15) is 4.79 Å². The van der Waals surface area contributed by atoms with Gasteiger partial charge in [0.05, 0.1) is 11.4 Å². The van der Waals surface area contributed by atoms with Crippen molar-refractivity contribution in [2.75, 3.05) is 12.5 Å². The van der Waals surface area contributed by atoms with E-state index in [1.165, 1.54) is 0 Å². The van der Waals surface area contributed by atoms with E-state index in [2.05, 4.69) is 11.8 Å². The van der Waals surface area contributed by atoms with E-state index >= 15 is 0 Å². The van der Waals surface area contributed by atoms with Crippen molar-refractivity contribution in [1.82, 2.24) is 0 Å². The Balaban J connectivity index is 2.81. The van der Waals surface area contributed by atoms with Crippen LogP contribution in [0.25, 0.3) is 0 Å². The predicted molar refractivity (Wildman–Crippen MR) is 57.2 cm³/mol. The number of hydrogen-bond acceptors (Lipinski definition) is 2. The number of carboxylic acid groups (broad SMARTS) is 1. The standard InChI is InChI=1S/C11H9ClO3/c12-7-3-5-9-4-1-2-6-10(9)15-8-11(13)14/h1-2,4,6H,7-8H2,(H,13,14). The Labute approximate surface area is 92.6 Å². The zero-order valence-corrected chi connectivity index (χ0v) is 8.62. The molecule has 0 spiro atoms. The molecule has 0 aliphatic carbocycles. The van der Waals surface area contributed by atoms with Crippen molar-refractivity contribution in [2.45, 2.75) is 0 Å². The molecular weight excluding hydrogens is 216 g/mol. The highest BCUT2D eigenvalue weighted by atomic mass is 35.5. The number of halogens is 1. The van der Waals surface area contributed by atoms with Crippen LogP contribution in [-0.4, -0.2) is 23.6 Å². The summed E-state index contributed by atoms with van der Waals surface area (Å²) in [4.78, 5) is 10.3. The topological polar surface area (TPSA) is 46.5 Å².